The van der Waals surface area contributed by atoms with Crippen LogP contribution in [-0.4, -0.2) is 9.52 Å². The van der Waals surface area contributed by atoms with Crippen LogP contribution in [0, 0.1) is 29.1 Å². The number of allylic oxidation sites excluding steroid dienone is 12. The SMILES string of the molecule is CCCC1=[C-]C(C)(C)C(C)=C1C.CCCC1=[C-]C(C)(C)C(C)=C1C.C[SiH]C.Cl.Cl.[C-]1=CC=CC1.[Zr+3]. The average Bonchev–Trinajstić information content (AvgIpc) is 3.40. The van der Waals surface area contributed by atoms with E-state index in [1.54, 1.807) is 0 Å². The van der Waals surface area contributed by atoms with E-state index in [1.807, 2.05) is 12.2 Å². The topological polar surface area (TPSA) is 0 Å². The van der Waals surface area contributed by atoms with Gasteiger partial charge >= 0.3 is 26.2 Å². The van der Waals surface area contributed by atoms with Crippen LogP contribution in [0.15, 0.2) is 51.7 Å². The normalized spacial score (nSPS) is 17.8. The molecule has 0 aromatic carbocycles. The van der Waals surface area contributed by atoms with E-state index in [1.165, 1.54) is 59.1 Å². The smallest absolute Gasteiger partial charge is 0.273 e. The molecule has 0 heterocycles. The molecule has 35 heavy (non-hydrogen) atoms. The van der Waals surface area contributed by atoms with E-state index in [0.29, 0.717) is 0 Å². The Labute approximate surface area is 254 Å². The van der Waals surface area contributed by atoms with Crippen molar-refractivity contribution < 1.29 is 26.2 Å². The van der Waals surface area contributed by atoms with Gasteiger partial charge in [0.25, 0.3) is 0 Å². The molecule has 0 aromatic heterocycles. The first-order valence-corrected chi connectivity index (χ1v) is 14.8. The van der Waals surface area contributed by atoms with Crippen molar-refractivity contribution in [3.8, 4) is 0 Å². The predicted molar refractivity (Wildman–Crippen MR) is 163 cm³/mol. The van der Waals surface area contributed by atoms with Gasteiger partial charge in [-0.25, -0.2) is 23.3 Å². The molecule has 3 aliphatic carbocycles. The number of rotatable bonds is 4. The van der Waals surface area contributed by atoms with Crippen molar-refractivity contribution in [3.63, 3.8) is 0 Å². The van der Waals surface area contributed by atoms with Gasteiger partial charge in [0.2, 0.25) is 0 Å². The van der Waals surface area contributed by atoms with Crippen LogP contribution in [0.4, 0.5) is 0 Å². The summed E-state index contributed by atoms with van der Waals surface area (Å²) in [4.78, 5) is 0. The number of halogens is 2. The average molecular weight is 615 g/mol. The van der Waals surface area contributed by atoms with E-state index in [-0.39, 0.29) is 61.8 Å². The molecule has 0 unspecified atom stereocenters. The molecular formula is C31H52Cl2SiZr. The molecule has 0 atom stereocenters. The second-order valence-corrected chi connectivity index (χ2v) is 11.2. The Bertz CT molecular complexity index is 714. The van der Waals surface area contributed by atoms with Crippen molar-refractivity contribution in [2.45, 2.75) is 114 Å². The molecule has 0 aromatic rings. The van der Waals surface area contributed by atoms with Gasteiger partial charge in [-0.2, -0.15) is 28.4 Å². The summed E-state index contributed by atoms with van der Waals surface area (Å²) in [6.45, 7) is 26.7. The monoisotopic (exact) mass is 612 g/mol. The summed E-state index contributed by atoms with van der Waals surface area (Å²) in [5, 5.41) is 0. The van der Waals surface area contributed by atoms with Gasteiger partial charge < -0.3 is 0 Å². The van der Waals surface area contributed by atoms with Gasteiger partial charge in [0.15, 0.2) is 0 Å². The van der Waals surface area contributed by atoms with Crippen LogP contribution in [-0.2, 0) is 26.2 Å². The maximum absolute atomic E-state index is 3.57. The van der Waals surface area contributed by atoms with Gasteiger partial charge in [0.1, 0.15) is 0 Å². The molecule has 0 spiro atoms. The molecule has 0 bridgehead atoms. The third kappa shape index (κ3) is 14.6. The summed E-state index contributed by atoms with van der Waals surface area (Å²) in [7, 11) is 0.750. The Hall–Kier alpha value is 0.120. The number of hydrogen-bond acceptors (Lipinski definition) is 0. The molecule has 0 saturated carbocycles. The zero-order valence-electron chi connectivity index (χ0n) is 24.7. The Kier molecular flexibility index (Phi) is 25.4. The quantitative estimate of drug-likeness (QED) is 0.218. The summed E-state index contributed by atoms with van der Waals surface area (Å²) >= 11 is 0. The minimum Gasteiger partial charge on any atom is -0.273 e. The van der Waals surface area contributed by atoms with Crippen LogP contribution < -0.4 is 0 Å². The molecule has 0 aliphatic heterocycles. The minimum absolute atomic E-state index is 0. The summed E-state index contributed by atoms with van der Waals surface area (Å²) in [6.07, 6.45) is 22.0. The van der Waals surface area contributed by atoms with Crippen molar-refractivity contribution in [1.29, 1.82) is 0 Å². The summed E-state index contributed by atoms with van der Waals surface area (Å²) in [5.74, 6) is 0. The molecule has 0 amide bonds. The van der Waals surface area contributed by atoms with Gasteiger partial charge in [0, 0.05) is 9.52 Å². The molecule has 4 heteroatoms. The fraction of sp³-hybridized carbons (Fsp3) is 0.613. The molecule has 3 aliphatic rings. The Morgan fingerprint density at radius 3 is 1.26 bits per heavy atom. The van der Waals surface area contributed by atoms with Crippen molar-refractivity contribution in [2.75, 3.05) is 0 Å². The molecule has 198 valence electrons. The van der Waals surface area contributed by atoms with E-state index in [0.717, 1.165) is 15.9 Å². The molecule has 0 N–H and O–H groups in total. The van der Waals surface area contributed by atoms with E-state index >= 15 is 0 Å². The molecular weight excluding hydrogens is 563 g/mol. The van der Waals surface area contributed by atoms with E-state index in [4.69, 9.17) is 0 Å². The second-order valence-electron chi connectivity index (χ2n) is 10.0. The molecule has 0 fully saturated rings. The molecule has 0 saturated heterocycles. The summed E-state index contributed by atoms with van der Waals surface area (Å²) in [5.41, 5.74) is 9.20. The number of hydrogen-bond donors (Lipinski definition) is 0. The standard InChI is InChI=1S/2C12H19.C5H5.C2H7Si.2ClH.Zr/c2*1-6-7-11-8-12(4,5)10(3)9(11)2;1-2-4-5-3-1;1-3-2;;;/h2*6-7H2,1-5H3;1-3H,4H2;3H,1-2H3;2*1H;/q3*-1;;;;+3. The van der Waals surface area contributed by atoms with Gasteiger partial charge in [-0.3, -0.25) is 18.2 Å². The van der Waals surface area contributed by atoms with Gasteiger partial charge in [-0.05, 0) is 0 Å². The van der Waals surface area contributed by atoms with Crippen LogP contribution in [0.3, 0.4) is 0 Å². The predicted octanol–water partition coefficient (Wildman–Crippen LogP) is 10.5. The zero-order chi connectivity index (χ0) is 24.9. The molecule has 3 rings (SSSR count). The first-order valence-electron chi connectivity index (χ1n) is 12.5. The van der Waals surface area contributed by atoms with Gasteiger partial charge in [-0.15, -0.1) is 45.1 Å². The molecule has 0 nitrogen and oxygen atoms in total. The van der Waals surface area contributed by atoms with Crippen molar-refractivity contribution >= 4 is 34.3 Å². The fourth-order valence-electron chi connectivity index (χ4n) is 3.86. The molecule has 2 radical (unpaired) electrons. The van der Waals surface area contributed by atoms with Crippen LogP contribution in [0.25, 0.3) is 0 Å². The minimum atomic E-state index is 0. The summed E-state index contributed by atoms with van der Waals surface area (Å²) < 4.78 is 0. The maximum atomic E-state index is 3.57. The zero-order valence-corrected chi connectivity index (χ0v) is 29.9. The fourth-order valence-corrected chi connectivity index (χ4v) is 3.86. The third-order valence-electron chi connectivity index (χ3n) is 6.42. The maximum Gasteiger partial charge on any atom is 3.00 e. The first-order chi connectivity index (χ1) is 14.9. The van der Waals surface area contributed by atoms with Crippen molar-refractivity contribution in [2.24, 2.45) is 10.8 Å². The van der Waals surface area contributed by atoms with Crippen LogP contribution in [0.5, 0.6) is 0 Å². The van der Waals surface area contributed by atoms with Crippen molar-refractivity contribution in [3.05, 3.63) is 69.9 Å². The van der Waals surface area contributed by atoms with Crippen LogP contribution in [0.2, 0.25) is 13.1 Å². The largest absolute Gasteiger partial charge is 3.00 e. The summed E-state index contributed by atoms with van der Waals surface area (Å²) in [6, 6.07) is 0. The van der Waals surface area contributed by atoms with Crippen LogP contribution in [0.1, 0.15) is 101 Å². The van der Waals surface area contributed by atoms with E-state index in [2.05, 4.69) is 107 Å². The third-order valence-corrected chi connectivity index (χ3v) is 6.42. The van der Waals surface area contributed by atoms with E-state index < -0.39 is 0 Å². The van der Waals surface area contributed by atoms with E-state index in [9.17, 15) is 0 Å². The van der Waals surface area contributed by atoms with Crippen molar-refractivity contribution in [1.82, 2.24) is 0 Å². The van der Waals surface area contributed by atoms with Crippen LogP contribution >= 0.6 is 24.8 Å². The first kappa shape index (κ1) is 42.2. The Balaban J connectivity index is -0.000000197. The second kappa shape index (κ2) is 21.1. The van der Waals surface area contributed by atoms with Gasteiger partial charge in [-0.1, -0.05) is 105 Å². The Morgan fingerprint density at radius 1 is 0.771 bits per heavy atom. The van der Waals surface area contributed by atoms with Gasteiger partial charge in [0.05, 0.1) is 0 Å². The Morgan fingerprint density at radius 2 is 1.11 bits per heavy atom.